The summed E-state index contributed by atoms with van der Waals surface area (Å²) in [6.45, 7) is 5.53. The number of carbonyl (C=O) groups is 1. The van der Waals surface area contributed by atoms with Crippen molar-refractivity contribution >= 4 is 16.9 Å². The first-order chi connectivity index (χ1) is 9.83. The zero-order chi connectivity index (χ0) is 15.6. The molecule has 0 radical (unpaired) electrons. The average molecular weight is 291 g/mol. The van der Waals surface area contributed by atoms with Gasteiger partial charge in [0.15, 0.2) is 5.60 Å². The molecule has 1 N–H and O–H groups in total. The number of aliphatic hydroxyl groups is 1. The molecule has 1 heterocycles. The third-order valence-corrected chi connectivity index (χ3v) is 3.22. The van der Waals surface area contributed by atoms with Gasteiger partial charge in [-0.3, -0.25) is 0 Å². The summed E-state index contributed by atoms with van der Waals surface area (Å²) in [5, 5.41) is 11.2. The summed E-state index contributed by atoms with van der Waals surface area (Å²) in [5.41, 5.74) is -0.636. The molecule has 1 aromatic heterocycles. The molecule has 0 aliphatic heterocycles. The maximum absolute atomic E-state index is 11.6. The van der Waals surface area contributed by atoms with Crippen LogP contribution in [-0.2, 0) is 16.1 Å². The van der Waals surface area contributed by atoms with Gasteiger partial charge in [-0.1, -0.05) is 0 Å². The van der Waals surface area contributed by atoms with E-state index in [-0.39, 0.29) is 12.6 Å². The summed E-state index contributed by atoms with van der Waals surface area (Å²) in [7, 11) is 1.26. The fraction of sp³-hybridized carbons (Fsp3) is 0.438. The minimum Gasteiger partial charge on any atom is -0.491 e. The molecule has 1 unspecified atom stereocenters. The Morgan fingerprint density at radius 3 is 2.71 bits per heavy atom. The van der Waals surface area contributed by atoms with Crippen LogP contribution in [0.15, 0.2) is 30.5 Å². The molecule has 1 atom stereocenters. The molecule has 5 nitrogen and oxygen atoms in total. The van der Waals surface area contributed by atoms with Gasteiger partial charge < -0.3 is 19.1 Å². The van der Waals surface area contributed by atoms with Crippen molar-refractivity contribution in [2.75, 3.05) is 7.11 Å². The van der Waals surface area contributed by atoms with Crippen LogP contribution in [0.1, 0.15) is 20.8 Å². The van der Waals surface area contributed by atoms with Crippen molar-refractivity contribution in [3.05, 3.63) is 30.5 Å². The summed E-state index contributed by atoms with van der Waals surface area (Å²) in [6.07, 6.45) is 1.95. The summed E-state index contributed by atoms with van der Waals surface area (Å²) in [5.74, 6) is 0.152. The molecule has 0 aliphatic carbocycles. The molecule has 21 heavy (non-hydrogen) atoms. The number of methoxy groups -OCH3 is 1. The standard InChI is InChI=1S/C16H21NO4/c1-11(2)21-13-5-6-14-12(9-13)7-8-17(14)10-16(3,19)15(18)20-4/h5-9,11,19H,10H2,1-4H3. The number of rotatable bonds is 5. The van der Waals surface area contributed by atoms with E-state index >= 15 is 0 Å². The molecule has 0 spiro atoms. The second kappa shape index (κ2) is 5.77. The lowest BCUT2D eigenvalue weighted by molar-refractivity contribution is -0.161. The minimum atomic E-state index is -1.56. The Morgan fingerprint density at radius 2 is 2.10 bits per heavy atom. The largest absolute Gasteiger partial charge is 0.491 e. The molecule has 1 aromatic carbocycles. The van der Waals surface area contributed by atoms with Crippen LogP contribution in [0.2, 0.25) is 0 Å². The van der Waals surface area contributed by atoms with Gasteiger partial charge in [-0.05, 0) is 45.0 Å². The zero-order valence-electron chi connectivity index (χ0n) is 12.8. The van der Waals surface area contributed by atoms with Gasteiger partial charge in [-0.15, -0.1) is 0 Å². The monoisotopic (exact) mass is 291 g/mol. The van der Waals surface area contributed by atoms with Gasteiger partial charge in [0.05, 0.1) is 19.8 Å². The molecular formula is C16H21NO4. The third-order valence-electron chi connectivity index (χ3n) is 3.22. The van der Waals surface area contributed by atoms with E-state index in [0.717, 1.165) is 16.7 Å². The smallest absolute Gasteiger partial charge is 0.339 e. The summed E-state index contributed by atoms with van der Waals surface area (Å²) >= 11 is 0. The summed E-state index contributed by atoms with van der Waals surface area (Å²) in [4.78, 5) is 11.6. The molecule has 0 bridgehead atoms. The Hall–Kier alpha value is -2.01. The Balaban J connectivity index is 2.28. The van der Waals surface area contributed by atoms with Crippen molar-refractivity contribution < 1.29 is 19.4 Å². The number of ether oxygens (including phenoxy) is 2. The number of hydrogen-bond donors (Lipinski definition) is 1. The van der Waals surface area contributed by atoms with E-state index in [9.17, 15) is 9.90 Å². The fourth-order valence-corrected chi connectivity index (χ4v) is 2.28. The van der Waals surface area contributed by atoms with E-state index in [0.29, 0.717) is 0 Å². The first kappa shape index (κ1) is 15.4. The minimum absolute atomic E-state index is 0.115. The number of carbonyl (C=O) groups excluding carboxylic acids is 1. The average Bonchev–Trinajstić information content (AvgIpc) is 2.79. The van der Waals surface area contributed by atoms with E-state index in [1.165, 1.54) is 14.0 Å². The SMILES string of the molecule is COC(=O)C(C)(O)Cn1ccc2cc(OC(C)C)ccc21. The number of aromatic nitrogens is 1. The molecule has 0 aliphatic rings. The van der Waals surface area contributed by atoms with Crippen LogP contribution in [0.4, 0.5) is 0 Å². The predicted octanol–water partition coefficient (Wildman–Crippen LogP) is 2.35. The molecular weight excluding hydrogens is 270 g/mol. The van der Waals surface area contributed by atoms with Gasteiger partial charge in [0, 0.05) is 17.1 Å². The number of nitrogens with zero attached hydrogens (tertiary/aromatic N) is 1. The number of hydrogen-bond acceptors (Lipinski definition) is 4. The van der Waals surface area contributed by atoms with Gasteiger partial charge in [-0.2, -0.15) is 0 Å². The number of esters is 1. The van der Waals surface area contributed by atoms with Crippen LogP contribution in [0.3, 0.4) is 0 Å². The summed E-state index contributed by atoms with van der Waals surface area (Å²) < 4.78 is 12.1. The van der Waals surface area contributed by atoms with E-state index in [4.69, 9.17) is 4.74 Å². The second-order valence-corrected chi connectivity index (χ2v) is 5.60. The first-order valence-electron chi connectivity index (χ1n) is 6.90. The lowest BCUT2D eigenvalue weighted by Gasteiger charge is -2.21. The van der Waals surface area contributed by atoms with Crippen LogP contribution in [-0.4, -0.2) is 34.5 Å². The first-order valence-corrected chi connectivity index (χ1v) is 6.90. The number of benzene rings is 1. The fourth-order valence-electron chi connectivity index (χ4n) is 2.28. The van der Waals surface area contributed by atoms with Crippen molar-refractivity contribution in [1.29, 1.82) is 0 Å². The molecule has 2 aromatic rings. The lowest BCUT2D eigenvalue weighted by atomic mass is 10.1. The van der Waals surface area contributed by atoms with Crippen LogP contribution in [0, 0.1) is 0 Å². The molecule has 2 rings (SSSR count). The van der Waals surface area contributed by atoms with E-state index in [1.54, 1.807) is 0 Å². The second-order valence-electron chi connectivity index (χ2n) is 5.60. The quantitative estimate of drug-likeness (QED) is 0.859. The molecule has 0 saturated heterocycles. The van der Waals surface area contributed by atoms with Gasteiger partial charge in [0.1, 0.15) is 5.75 Å². The van der Waals surface area contributed by atoms with Crippen LogP contribution < -0.4 is 4.74 Å². The van der Waals surface area contributed by atoms with Crippen molar-refractivity contribution in [2.24, 2.45) is 0 Å². The zero-order valence-corrected chi connectivity index (χ0v) is 12.8. The van der Waals surface area contributed by atoms with Crippen molar-refractivity contribution in [3.8, 4) is 5.75 Å². The van der Waals surface area contributed by atoms with Crippen LogP contribution in [0.5, 0.6) is 5.75 Å². The van der Waals surface area contributed by atoms with Crippen molar-refractivity contribution in [3.63, 3.8) is 0 Å². The van der Waals surface area contributed by atoms with E-state index < -0.39 is 11.6 Å². The highest BCUT2D eigenvalue weighted by Crippen LogP contribution is 2.24. The Kier molecular flexibility index (Phi) is 4.23. The molecule has 0 amide bonds. The van der Waals surface area contributed by atoms with Crippen molar-refractivity contribution in [2.45, 2.75) is 39.0 Å². The Labute approximate surface area is 124 Å². The number of fused-ring (bicyclic) bond motifs is 1. The Morgan fingerprint density at radius 1 is 1.38 bits per heavy atom. The van der Waals surface area contributed by atoms with Gasteiger partial charge >= 0.3 is 5.97 Å². The highest BCUT2D eigenvalue weighted by molar-refractivity contribution is 5.83. The predicted molar refractivity (Wildman–Crippen MR) is 80.3 cm³/mol. The summed E-state index contributed by atoms with van der Waals surface area (Å²) in [6, 6.07) is 7.67. The van der Waals surface area contributed by atoms with Crippen LogP contribution >= 0.6 is 0 Å². The van der Waals surface area contributed by atoms with Crippen LogP contribution in [0.25, 0.3) is 10.9 Å². The van der Waals surface area contributed by atoms with Gasteiger partial charge in [-0.25, -0.2) is 4.79 Å². The Bertz CT molecular complexity index is 643. The highest BCUT2D eigenvalue weighted by Gasteiger charge is 2.32. The highest BCUT2D eigenvalue weighted by atomic mass is 16.5. The van der Waals surface area contributed by atoms with E-state index in [2.05, 4.69) is 4.74 Å². The topological polar surface area (TPSA) is 60.7 Å². The van der Waals surface area contributed by atoms with Crippen molar-refractivity contribution in [1.82, 2.24) is 4.57 Å². The molecule has 0 fully saturated rings. The molecule has 5 heteroatoms. The van der Waals surface area contributed by atoms with Gasteiger partial charge in [0.2, 0.25) is 0 Å². The molecule has 0 saturated carbocycles. The third kappa shape index (κ3) is 3.36. The molecule has 114 valence electrons. The normalized spacial score (nSPS) is 14.2. The van der Waals surface area contributed by atoms with E-state index in [1.807, 2.05) is 48.9 Å². The maximum atomic E-state index is 11.6. The maximum Gasteiger partial charge on any atom is 0.339 e. The van der Waals surface area contributed by atoms with Gasteiger partial charge in [0.25, 0.3) is 0 Å². The lowest BCUT2D eigenvalue weighted by Crippen LogP contribution is -2.40.